The van der Waals surface area contributed by atoms with E-state index in [1.165, 1.54) is 16.5 Å². The van der Waals surface area contributed by atoms with Gasteiger partial charge < -0.3 is 15.2 Å². The van der Waals surface area contributed by atoms with Gasteiger partial charge in [0.15, 0.2) is 5.69 Å². The predicted octanol–water partition coefficient (Wildman–Crippen LogP) is 1.72. The Balaban J connectivity index is 1.26. The van der Waals surface area contributed by atoms with Crippen LogP contribution in [0.1, 0.15) is 32.9 Å². The highest BCUT2D eigenvalue weighted by Crippen LogP contribution is 2.18. The second kappa shape index (κ2) is 11.6. The van der Waals surface area contributed by atoms with E-state index in [0.717, 1.165) is 16.9 Å². The van der Waals surface area contributed by atoms with Crippen LogP contribution in [-0.2, 0) is 17.9 Å². The van der Waals surface area contributed by atoms with Crippen LogP contribution in [0.15, 0.2) is 58.3 Å². The van der Waals surface area contributed by atoms with Gasteiger partial charge in [0.25, 0.3) is 5.91 Å². The quantitative estimate of drug-likeness (QED) is 0.247. The van der Waals surface area contributed by atoms with E-state index >= 15 is 0 Å². The Labute approximate surface area is 218 Å². The second-order valence-electron chi connectivity index (χ2n) is 8.64. The van der Waals surface area contributed by atoms with E-state index in [4.69, 9.17) is 15.2 Å². The highest BCUT2D eigenvalue weighted by atomic mass is 16.6. The molecule has 0 radical (unpaired) electrons. The van der Waals surface area contributed by atoms with Crippen molar-refractivity contribution in [2.75, 3.05) is 32.0 Å². The topological polar surface area (TPSA) is 159 Å². The first-order valence-corrected chi connectivity index (χ1v) is 12.0. The number of morpholine rings is 1. The molecule has 5 rings (SSSR count). The van der Waals surface area contributed by atoms with Crippen molar-refractivity contribution in [3.8, 4) is 11.6 Å². The van der Waals surface area contributed by atoms with Gasteiger partial charge in [-0.1, -0.05) is 29.5 Å². The molecular weight excluding hydrogens is 490 g/mol. The SMILES string of the molecule is Cc1ccccc1COc1ccc(/C=N\NC(=O)c2c(CN3CCOCC3)nnn2-c2nonc2N)cc1. The summed E-state index contributed by atoms with van der Waals surface area (Å²) in [6, 6.07) is 15.5. The number of hydrogen-bond donors (Lipinski definition) is 2. The van der Waals surface area contributed by atoms with Crippen LogP contribution >= 0.6 is 0 Å². The summed E-state index contributed by atoms with van der Waals surface area (Å²) in [5.41, 5.74) is 12.0. The minimum Gasteiger partial charge on any atom is -0.489 e. The molecule has 1 saturated heterocycles. The van der Waals surface area contributed by atoms with Crippen LogP contribution in [0.25, 0.3) is 5.82 Å². The van der Waals surface area contributed by atoms with Crippen molar-refractivity contribution in [3.05, 3.63) is 76.6 Å². The molecule has 0 bridgehead atoms. The first-order valence-electron chi connectivity index (χ1n) is 12.0. The molecule has 0 saturated carbocycles. The maximum absolute atomic E-state index is 13.2. The van der Waals surface area contributed by atoms with E-state index in [0.29, 0.717) is 45.1 Å². The molecule has 1 aliphatic rings. The number of anilines is 1. The van der Waals surface area contributed by atoms with Crippen molar-refractivity contribution < 1.29 is 18.9 Å². The summed E-state index contributed by atoms with van der Waals surface area (Å²) in [4.78, 5) is 15.3. The Morgan fingerprint density at radius 2 is 1.95 bits per heavy atom. The number of nitrogens with one attached hydrogen (secondary N) is 1. The third-order valence-corrected chi connectivity index (χ3v) is 6.04. The van der Waals surface area contributed by atoms with Gasteiger partial charge in [0.2, 0.25) is 11.6 Å². The number of hydrogen-bond acceptors (Lipinski definition) is 11. The van der Waals surface area contributed by atoms with Gasteiger partial charge >= 0.3 is 0 Å². The Bertz CT molecular complexity index is 1410. The Kier molecular flexibility index (Phi) is 7.66. The fourth-order valence-electron chi connectivity index (χ4n) is 3.91. The first-order chi connectivity index (χ1) is 18.6. The maximum atomic E-state index is 13.2. The normalized spacial score (nSPS) is 14.1. The summed E-state index contributed by atoms with van der Waals surface area (Å²) in [6.07, 6.45) is 1.53. The number of aromatic nitrogens is 5. The summed E-state index contributed by atoms with van der Waals surface area (Å²) >= 11 is 0. The van der Waals surface area contributed by atoms with E-state index in [9.17, 15) is 4.79 Å². The van der Waals surface area contributed by atoms with Crippen molar-refractivity contribution in [1.29, 1.82) is 0 Å². The van der Waals surface area contributed by atoms with Crippen LogP contribution in [0, 0.1) is 6.92 Å². The summed E-state index contributed by atoms with van der Waals surface area (Å²) in [5, 5.41) is 19.7. The van der Waals surface area contributed by atoms with Gasteiger partial charge in [-0.2, -0.15) is 9.78 Å². The van der Waals surface area contributed by atoms with Crippen molar-refractivity contribution in [1.82, 2.24) is 35.6 Å². The van der Waals surface area contributed by atoms with E-state index < -0.39 is 5.91 Å². The Morgan fingerprint density at radius 3 is 2.68 bits per heavy atom. The molecule has 0 unspecified atom stereocenters. The molecule has 0 spiro atoms. The molecule has 2 aromatic carbocycles. The minimum atomic E-state index is -0.532. The molecule has 38 heavy (non-hydrogen) atoms. The molecule has 13 heteroatoms. The monoisotopic (exact) mass is 517 g/mol. The van der Waals surface area contributed by atoms with Crippen LogP contribution in [-0.4, -0.2) is 68.6 Å². The molecule has 0 aliphatic carbocycles. The second-order valence-corrected chi connectivity index (χ2v) is 8.64. The zero-order chi connectivity index (χ0) is 26.3. The number of rotatable bonds is 9. The largest absolute Gasteiger partial charge is 0.489 e. The Hall–Kier alpha value is -4.62. The highest BCUT2D eigenvalue weighted by Gasteiger charge is 2.26. The molecular formula is C25H27N9O4. The average molecular weight is 518 g/mol. The summed E-state index contributed by atoms with van der Waals surface area (Å²) < 4.78 is 17.2. The first kappa shape index (κ1) is 25.0. The lowest BCUT2D eigenvalue weighted by Crippen LogP contribution is -2.36. The van der Waals surface area contributed by atoms with Crippen LogP contribution in [0.3, 0.4) is 0 Å². The highest BCUT2D eigenvalue weighted by molar-refractivity contribution is 5.95. The molecule has 4 aromatic rings. The van der Waals surface area contributed by atoms with Gasteiger partial charge in [-0.05, 0) is 58.2 Å². The third-order valence-electron chi connectivity index (χ3n) is 6.04. The van der Waals surface area contributed by atoms with Crippen LogP contribution < -0.4 is 15.9 Å². The van der Waals surface area contributed by atoms with E-state index in [1.807, 2.05) is 42.5 Å². The molecule has 1 fully saturated rings. The smallest absolute Gasteiger partial charge is 0.292 e. The standard InChI is InChI=1S/C25H27N9O4/c1-17-4-2-3-5-19(17)16-37-20-8-6-18(7-9-20)14-27-29-25(35)22-21(15-33-10-12-36-13-11-33)28-32-34(22)24-23(26)30-38-31-24/h2-9,14H,10-13,15-16H2,1H3,(H2,26,30)(H,29,35)/b27-14-. The van der Waals surface area contributed by atoms with Gasteiger partial charge in [-0.25, -0.2) is 10.1 Å². The van der Waals surface area contributed by atoms with E-state index in [-0.39, 0.29) is 17.3 Å². The molecule has 196 valence electrons. The molecule has 3 N–H and O–H groups in total. The number of nitrogens with zero attached hydrogens (tertiary/aromatic N) is 7. The molecule has 2 aromatic heterocycles. The molecule has 13 nitrogen and oxygen atoms in total. The number of hydrazone groups is 1. The third kappa shape index (κ3) is 5.85. The predicted molar refractivity (Wildman–Crippen MR) is 137 cm³/mol. The zero-order valence-corrected chi connectivity index (χ0v) is 20.8. The van der Waals surface area contributed by atoms with Gasteiger partial charge in [0.05, 0.1) is 19.4 Å². The maximum Gasteiger partial charge on any atom is 0.292 e. The number of carbonyl (C=O) groups excluding carboxylic acids is 1. The van der Waals surface area contributed by atoms with Crippen molar-refractivity contribution in [2.24, 2.45) is 5.10 Å². The van der Waals surface area contributed by atoms with Crippen molar-refractivity contribution in [2.45, 2.75) is 20.1 Å². The van der Waals surface area contributed by atoms with Crippen LogP contribution in [0.2, 0.25) is 0 Å². The molecule has 1 aliphatic heterocycles. The van der Waals surface area contributed by atoms with Crippen molar-refractivity contribution >= 4 is 17.9 Å². The van der Waals surface area contributed by atoms with Gasteiger partial charge in [-0.15, -0.1) is 5.10 Å². The van der Waals surface area contributed by atoms with Crippen LogP contribution in [0.5, 0.6) is 5.75 Å². The van der Waals surface area contributed by atoms with Crippen LogP contribution in [0.4, 0.5) is 5.82 Å². The summed E-state index contributed by atoms with van der Waals surface area (Å²) in [6.45, 7) is 5.57. The molecule has 1 amide bonds. The number of nitrogen functional groups attached to an aromatic ring is 1. The van der Waals surface area contributed by atoms with Gasteiger partial charge in [0.1, 0.15) is 18.1 Å². The number of nitrogens with two attached hydrogens (primary N) is 1. The lowest BCUT2D eigenvalue weighted by Gasteiger charge is -2.25. The number of aryl methyl sites for hydroxylation is 1. The number of amides is 1. The Morgan fingerprint density at radius 1 is 1.16 bits per heavy atom. The fourth-order valence-corrected chi connectivity index (χ4v) is 3.91. The summed E-state index contributed by atoms with van der Waals surface area (Å²) in [5.74, 6) is 0.252. The van der Waals surface area contributed by atoms with E-state index in [1.54, 1.807) is 0 Å². The number of ether oxygens (including phenoxy) is 2. The fraction of sp³-hybridized carbons (Fsp3) is 0.280. The van der Waals surface area contributed by atoms with Crippen molar-refractivity contribution in [3.63, 3.8) is 0 Å². The minimum absolute atomic E-state index is 0.0184. The average Bonchev–Trinajstić information content (AvgIpc) is 3.55. The van der Waals surface area contributed by atoms with Gasteiger partial charge in [0, 0.05) is 19.6 Å². The number of benzene rings is 2. The van der Waals surface area contributed by atoms with E-state index in [2.05, 4.69) is 53.7 Å². The number of carbonyl (C=O) groups is 1. The lowest BCUT2D eigenvalue weighted by molar-refractivity contribution is 0.0335. The molecule has 0 atom stereocenters. The lowest BCUT2D eigenvalue weighted by atomic mass is 10.1. The van der Waals surface area contributed by atoms with Gasteiger partial charge in [-0.3, -0.25) is 9.69 Å². The zero-order valence-electron chi connectivity index (χ0n) is 20.8. The summed E-state index contributed by atoms with van der Waals surface area (Å²) in [7, 11) is 0. The molecule has 3 heterocycles.